The van der Waals surface area contributed by atoms with Gasteiger partial charge in [0, 0.05) is 10.0 Å². The molecule has 0 saturated heterocycles. The maximum absolute atomic E-state index is 13.6. The number of aliphatic hydroxyl groups is 1. The van der Waals surface area contributed by atoms with Crippen LogP contribution in [0, 0.1) is 5.82 Å². The number of hydrogen-bond donors (Lipinski definition) is 1. The molecular formula is C16H16BrFO2. The van der Waals surface area contributed by atoms with E-state index < -0.39 is 11.4 Å². The van der Waals surface area contributed by atoms with Gasteiger partial charge in [-0.15, -0.1) is 0 Å². The van der Waals surface area contributed by atoms with Crippen LogP contribution in [0.1, 0.15) is 24.5 Å². The van der Waals surface area contributed by atoms with Gasteiger partial charge in [-0.3, -0.25) is 0 Å². The Bertz CT molecular complexity index is 615. The number of benzene rings is 2. The molecule has 0 heterocycles. The molecule has 4 heteroatoms. The van der Waals surface area contributed by atoms with E-state index in [9.17, 15) is 9.50 Å². The maximum atomic E-state index is 13.6. The van der Waals surface area contributed by atoms with Gasteiger partial charge < -0.3 is 9.84 Å². The molecule has 0 amide bonds. The van der Waals surface area contributed by atoms with Gasteiger partial charge in [-0.2, -0.15) is 0 Å². The zero-order chi connectivity index (χ0) is 14.8. The predicted octanol–water partition coefficient (Wildman–Crippen LogP) is 4.24. The summed E-state index contributed by atoms with van der Waals surface area (Å²) in [4.78, 5) is 0. The van der Waals surface area contributed by atoms with Crippen LogP contribution < -0.4 is 4.74 Å². The highest BCUT2D eigenvalue weighted by Gasteiger charge is 2.33. The van der Waals surface area contributed by atoms with E-state index in [4.69, 9.17) is 4.74 Å². The molecular weight excluding hydrogens is 323 g/mol. The third kappa shape index (κ3) is 2.72. The van der Waals surface area contributed by atoms with Gasteiger partial charge in [0.2, 0.25) is 0 Å². The molecule has 2 rings (SSSR count). The van der Waals surface area contributed by atoms with Crippen molar-refractivity contribution in [2.75, 3.05) is 7.11 Å². The average molecular weight is 339 g/mol. The van der Waals surface area contributed by atoms with Gasteiger partial charge in [-0.1, -0.05) is 35.0 Å². The highest BCUT2D eigenvalue weighted by Crippen LogP contribution is 2.39. The standard InChI is InChI=1S/C16H16BrFO2/c1-3-16(19,11-5-4-6-12(17)9-11)14-10-13(18)7-8-15(14)20-2/h4-10,19H,3H2,1-2H3. The molecule has 0 aromatic heterocycles. The van der Waals surface area contributed by atoms with Crippen molar-refractivity contribution in [3.63, 3.8) is 0 Å². The molecule has 2 aromatic carbocycles. The summed E-state index contributed by atoms with van der Waals surface area (Å²) in [5.41, 5.74) is -0.170. The first kappa shape index (κ1) is 15.0. The quantitative estimate of drug-likeness (QED) is 0.903. The fraction of sp³-hybridized carbons (Fsp3) is 0.250. The highest BCUT2D eigenvalue weighted by atomic mass is 79.9. The van der Waals surface area contributed by atoms with Gasteiger partial charge in [-0.25, -0.2) is 4.39 Å². The molecule has 1 N–H and O–H groups in total. The maximum Gasteiger partial charge on any atom is 0.125 e. The molecule has 0 aliphatic heterocycles. The minimum Gasteiger partial charge on any atom is -0.496 e. The molecule has 0 saturated carbocycles. The fourth-order valence-electron chi connectivity index (χ4n) is 2.30. The third-order valence-corrected chi connectivity index (χ3v) is 3.91. The first-order valence-corrected chi connectivity index (χ1v) is 7.13. The van der Waals surface area contributed by atoms with Gasteiger partial charge >= 0.3 is 0 Å². The van der Waals surface area contributed by atoms with Crippen molar-refractivity contribution >= 4 is 15.9 Å². The van der Waals surface area contributed by atoms with Crippen LogP contribution in [0.15, 0.2) is 46.9 Å². The Morgan fingerprint density at radius 2 is 2.00 bits per heavy atom. The van der Waals surface area contributed by atoms with E-state index >= 15 is 0 Å². The molecule has 0 bridgehead atoms. The zero-order valence-electron chi connectivity index (χ0n) is 11.4. The Morgan fingerprint density at radius 1 is 1.25 bits per heavy atom. The normalized spacial score (nSPS) is 13.8. The van der Waals surface area contributed by atoms with E-state index in [2.05, 4.69) is 15.9 Å². The van der Waals surface area contributed by atoms with Crippen molar-refractivity contribution in [3.05, 3.63) is 63.9 Å². The Hall–Kier alpha value is -1.39. The van der Waals surface area contributed by atoms with Crippen molar-refractivity contribution in [1.82, 2.24) is 0 Å². The highest BCUT2D eigenvalue weighted by molar-refractivity contribution is 9.10. The van der Waals surface area contributed by atoms with Gasteiger partial charge in [0.15, 0.2) is 0 Å². The van der Waals surface area contributed by atoms with Crippen LogP contribution in [-0.2, 0) is 5.60 Å². The van der Waals surface area contributed by atoms with Crippen molar-refractivity contribution in [1.29, 1.82) is 0 Å². The summed E-state index contributed by atoms with van der Waals surface area (Å²) in [7, 11) is 1.51. The van der Waals surface area contributed by atoms with E-state index in [0.717, 1.165) is 4.47 Å². The summed E-state index contributed by atoms with van der Waals surface area (Å²) in [6.07, 6.45) is 0.406. The molecule has 20 heavy (non-hydrogen) atoms. The van der Waals surface area contributed by atoms with Gasteiger partial charge in [0.05, 0.1) is 7.11 Å². The molecule has 2 nitrogen and oxygen atoms in total. The van der Waals surface area contributed by atoms with Crippen LogP contribution in [0.3, 0.4) is 0 Å². The second kappa shape index (κ2) is 5.94. The average Bonchev–Trinajstić information content (AvgIpc) is 2.46. The number of rotatable bonds is 4. The van der Waals surface area contributed by atoms with Crippen LogP contribution in [0.5, 0.6) is 5.75 Å². The summed E-state index contributed by atoms with van der Waals surface area (Å²) in [6, 6.07) is 11.5. The fourth-order valence-corrected chi connectivity index (χ4v) is 2.70. The minimum absolute atomic E-state index is 0.400. The van der Waals surface area contributed by atoms with Gasteiger partial charge in [0.25, 0.3) is 0 Å². The van der Waals surface area contributed by atoms with Gasteiger partial charge in [-0.05, 0) is 42.3 Å². The minimum atomic E-state index is -1.29. The summed E-state index contributed by atoms with van der Waals surface area (Å²) in [5, 5.41) is 11.1. The van der Waals surface area contributed by atoms with Crippen molar-refractivity contribution in [3.8, 4) is 5.75 Å². The Balaban J connectivity index is 2.64. The SMILES string of the molecule is CCC(O)(c1cccc(Br)c1)c1cc(F)ccc1OC. The lowest BCUT2D eigenvalue weighted by atomic mass is 9.83. The molecule has 2 aromatic rings. The smallest absolute Gasteiger partial charge is 0.125 e. The van der Waals surface area contributed by atoms with E-state index in [-0.39, 0.29) is 0 Å². The monoisotopic (exact) mass is 338 g/mol. The molecule has 1 atom stereocenters. The van der Waals surface area contributed by atoms with Crippen molar-refractivity contribution < 1.29 is 14.2 Å². The summed E-state index contributed by atoms with van der Waals surface area (Å²) in [5.74, 6) is 0.0680. The van der Waals surface area contributed by atoms with Crippen LogP contribution in [0.4, 0.5) is 4.39 Å². The first-order chi connectivity index (χ1) is 9.51. The molecule has 1 unspecified atom stereocenters. The van der Waals surface area contributed by atoms with E-state index in [1.54, 1.807) is 0 Å². The zero-order valence-corrected chi connectivity index (χ0v) is 12.9. The molecule has 0 radical (unpaired) electrons. The predicted molar refractivity (Wildman–Crippen MR) is 80.4 cm³/mol. The van der Waals surface area contributed by atoms with Crippen LogP contribution in [0.2, 0.25) is 0 Å². The lowest BCUT2D eigenvalue weighted by Gasteiger charge is -2.29. The van der Waals surface area contributed by atoms with Crippen LogP contribution in [0.25, 0.3) is 0 Å². The van der Waals surface area contributed by atoms with Crippen LogP contribution >= 0.6 is 15.9 Å². The second-order valence-corrected chi connectivity index (χ2v) is 5.48. The lowest BCUT2D eigenvalue weighted by molar-refractivity contribution is 0.0732. The molecule has 0 aliphatic carbocycles. The molecule has 106 valence electrons. The number of methoxy groups -OCH3 is 1. The molecule has 0 fully saturated rings. The Morgan fingerprint density at radius 3 is 2.60 bits per heavy atom. The summed E-state index contributed by atoms with van der Waals surface area (Å²) < 4.78 is 19.7. The number of ether oxygens (including phenoxy) is 1. The van der Waals surface area contributed by atoms with E-state index in [0.29, 0.717) is 23.3 Å². The van der Waals surface area contributed by atoms with Crippen molar-refractivity contribution in [2.24, 2.45) is 0 Å². The van der Waals surface area contributed by atoms with Crippen molar-refractivity contribution in [2.45, 2.75) is 18.9 Å². The Kier molecular flexibility index (Phi) is 4.45. The molecule has 0 aliphatic rings. The largest absolute Gasteiger partial charge is 0.496 e. The second-order valence-electron chi connectivity index (χ2n) is 4.57. The first-order valence-electron chi connectivity index (χ1n) is 6.33. The molecule has 0 spiro atoms. The van der Waals surface area contributed by atoms with Crippen LogP contribution in [-0.4, -0.2) is 12.2 Å². The lowest BCUT2D eigenvalue weighted by Crippen LogP contribution is -2.27. The van der Waals surface area contributed by atoms with Gasteiger partial charge in [0.1, 0.15) is 17.2 Å². The summed E-state index contributed by atoms with van der Waals surface area (Å²) >= 11 is 3.39. The van der Waals surface area contributed by atoms with E-state index in [1.807, 2.05) is 31.2 Å². The third-order valence-electron chi connectivity index (χ3n) is 3.42. The van der Waals surface area contributed by atoms with E-state index in [1.165, 1.54) is 25.3 Å². The Labute approximate surface area is 126 Å². The number of halogens is 2. The summed E-state index contributed by atoms with van der Waals surface area (Å²) in [6.45, 7) is 1.85. The number of hydrogen-bond acceptors (Lipinski definition) is 2. The topological polar surface area (TPSA) is 29.5 Å².